The van der Waals surface area contributed by atoms with Crippen molar-refractivity contribution < 1.29 is 24.5 Å². The van der Waals surface area contributed by atoms with Crippen molar-refractivity contribution in [3.8, 4) is 0 Å². The monoisotopic (exact) mass is 428 g/mol. The van der Waals surface area contributed by atoms with Crippen molar-refractivity contribution in [2.75, 3.05) is 6.61 Å². The van der Waals surface area contributed by atoms with Crippen molar-refractivity contribution in [3.05, 3.63) is 69.7 Å². The van der Waals surface area contributed by atoms with Gasteiger partial charge in [-0.25, -0.2) is 9.59 Å². The third kappa shape index (κ3) is 7.42. The molecule has 1 aliphatic rings. The SMILES string of the molecule is O=C(O)c1ccc(Cl)cc1.O=C(OC[C@@H]1CCC(O)S1)c1ccc(Cl)cc1. The van der Waals surface area contributed by atoms with Crippen LogP contribution in [0.2, 0.25) is 10.0 Å². The molecule has 1 unspecified atom stereocenters. The minimum Gasteiger partial charge on any atom is -0.478 e. The van der Waals surface area contributed by atoms with E-state index in [1.165, 1.54) is 23.9 Å². The maximum Gasteiger partial charge on any atom is 0.338 e. The molecule has 8 heteroatoms. The highest BCUT2D eigenvalue weighted by Crippen LogP contribution is 2.32. The topological polar surface area (TPSA) is 83.8 Å². The third-order valence-electron chi connectivity index (χ3n) is 3.66. The van der Waals surface area contributed by atoms with E-state index in [4.69, 9.17) is 33.0 Å². The number of aliphatic hydroxyl groups is 1. The molecule has 1 heterocycles. The first-order chi connectivity index (χ1) is 12.8. The highest BCUT2D eigenvalue weighted by molar-refractivity contribution is 8.00. The minimum atomic E-state index is -0.934. The Morgan fingerprint density at radius 1 is 0.963 bits per heavy atom. The van der Waals surface area contributed by atoms with Gasteiger partial charge in [0.2, 0.25) is 0 Å². The Bertz CT molecular complexity index is 765. The van der Waals surface area contributed by atoms with E-state index in [1.54, 1.807) is 36.4 Å². The lowest BCUT2D eigenvalue weighted by atomic mass is 10.2. The predicted octanol–water partition coefficient (Wildman–Crippen LogP) is 4.75. The summed E-state index contributed by atoms with van der Waals surface area (Å²) in [6.07, 6.45) is 1.66. The Morgan fingerprint density at radius 2 is 1.48 bits per heavy atom. The molecule has 1 saturated heterocycles. The Balaban J connectivity index is 0.000000223. The molecule has 0 amide bonds. The van der Waals surface area contributed by atoms with Crippen LogP contribution in [0.4, 0.5) is 0 Å². The predicted molar refractivity (Wildman–Crippen MR) is 107 cm³/mol. The largest absolute Gasteiger partial charge is 0.478 e. The lowest BCUT2D eigenvalue weighted by Crippen LogP contribution is -2.14. The number of ether oxygens (including phenoxy) is 1. The van der Waals surface area contributed by atoms with Gasteiger partial charge in [-0.3, -0.25) is 0 Å². The van der Waals surface area contributed by atoms with Crippen molar-refractivity contribution in [2.24, 2.45) is 0 Å². The number of aromatic carboxylic acids is 1. The fourth-order valence-corrected chi connectivity index (χ4v) is 3.63. The molecular formula is C19H18Cl2O5S. The fraction of sp³-hybridized carbons (Fsp3) is 0.263. The molecule has 0 radical (unpaired) electrons. The van der Waals surface area contributed by atoms with E-state index in [0.29, 0.717) is 22.2 Å². The zero-order valence-electron chi connectivity index (χ0n) is 14.2. The number of carbonyl (C=O) groups is 2. The maximum absolute atomic E-state index is 11.7. The van der Waals surface area contributed by atoms with Crippen molar-refractivity contribution in [3.63, 3.8) is 0 Å². The van der Waals surface area contributed by atoms with Crippen LogP contribution >= 0.6 is 35.0 Å². The highest BCUT2D eigenvalue weighted by atomic mass is 35.5. The van der Waals surface area contributed by atoms with Crippen LogP contribution in [0.25, 0.3) is 0 Å². The van der Waals surface area contributed by atoms with Gasteiger partial charge in [0.1, 0.15) is 6.61 Å². The van der Waals surface area contributed by atoms with Crippen LogP contribution < -0.4 is 0 Å². The molecule has 2 aromatic rings. The quantitative estimate of drug-likeness (QED) is 0.683. The van der Waals surface area contributed by atoms with Gasteiger partial charge in [0.05, 0.1) is 16.6 Å². The first-order valence-corrected chi connectivity index (χ1v) is 9.80. The average Bonchev–Trinajstić information content (AvgIpc) is 3.06. The number of rotatable bonds is 4. The van der Waals surface area contributed by atoms with Crippen molar-refractivity contribution in [2.45, 2.75) is 23.5 Å². The summed E-state index contributed by atoms with van der Waals surface area (Å²) in [7, 11) is 0. The second-order valence-corrected chi connectivity index (χ2v) is 8.06. The normalized spacial score (nSPS) is 18.3. The molecule has 1 fully saturated rings. The molecule has 0 saturated carbocycles. The number of carbonyl (C=O) groups excluding carboxylic acids is 1. The summed E-state index contributed by atoms with van der Waals surface area (Å²) < 4.78 is 5.19. The Labute approximate surface area is 171 Å². The molecule has 0 spiro atoms. The molecule has 27 heavy (non-hydrogen) atoms. The summed E-state index contributed by atoms with van der Waals surface area (Å²) in [5.41, 5.74) is 0.441. The molecular weight excluding hydrogens is 411 g/mol. The summed E-state index contributed by atoms with van der Waals surface area (Å²) in [5.74, 6) is -1.28. The molecule has 2 N–H and O–H groups in total. The third-order valence-corrected chi connectivity index (χ3v) is 5.47. The highest BCUT2D eigenvalue weighted by Gasteiger charge is 2.24. The molecule has 1 aliphatic heterocycles. The van der Waals surface area contributed by atoms with E-state index in [0.717, 1.165) is 12.8 Å². The van der Waals surface area contributed by atoms with Gasteiger partial charge >= 0.3 is 11.9 Å². The maximum atomic E-state index is 11.7. The molecule has 3 rings (SSSR count). The number of aliphatic hydroxyl groups excluding tert-OH is 1. The van der Waals surface area contributed by atoms with Crippen molar-refractivity contribution >= 4 is 46.9 Å². The van der Waals surface area contributed by atoms with Crippen LogP contribution in [0.1, 0.15) is 33.6 Å². The summed E-state index contributed by atoms with van der Waals surface area (Å²) in [6, 6.07) is 12.6. The van der Waals surface area contributed by atoms with Gasteiger partial charge in [-0.15, -0.1) is 11.8 Å². The average molecular weight is 429 g/mol. The number of hydrogen-bond donors (Lipinski definition) is 2. The molecule has 0 aromatic heterocycles. The lowest BCUT2D eigenvalue weighted by Gasteiger charge is -2.09. The van der Waals surface area contributed by atoms with Crippen molar-refractivity contribution in [1.29, 1.82) is 0 Å². The Hall–Kier alpha value is -1.73. The summed E-state index contributed by atoms with van der Waals surface area (Å²) in [6.45, 7) is 0.350. The van der Waals surface area contributed by atoms with Gasteiger partial charge in [0.25, 0.3) is 0 Å². The number of benzene rings is 2. The van der Waals surface area contributed by atoms with Gasteiger partial charge in [-0.2, -0.15) is 0 Å². The van der Waals surface area contributed by atoms with Crippen LogP contribution in [-0.4, -0.2) is 39.4 Å². The first kappa shape index (κ1) is 21.6. The van der Waals surface area contributed by atoms with Gasteiger partial charge in [-0.1, -0.05) is 23.2 Å². The summed E-state index contributed by atoms with van der Waals surface area (Å²) >= 11 is 12.7. The smallest absolute Gasteiger partial charge is 0.338 e. The molecule has 144 valence electrons. The zero-order valence-corrected chi connectivity index (χ0v) is 16.5. The summed E-state index contributed by atoms with van der Waals surface area (Å²) in [5, 5.41) is 19.1. The van der Waals surface area contributed by atoms with E-state index in [1.807, 2.05) is 0 Å². The number of hydrogen-bond acceptors (Lipinski definition) is 5. The molecule has 0 bridgehead atoms. The standard InChI is InChI=1S/C12H13ClO3S.C7H5ClO2/c13-9-3-1-8(2-4-9)12(15)16-7-10-5-6-11(14)17-10;8-6-3-1-5(2-4-6)7(9)10/h1-4,10-11,14H,5-7H2;1-4H,(H,9,10)/t10-,11?;/m0./s1. The zero-order chi connectivity index (χ0) is 19.8. The van der Waals surface area contributed by atoms with Crippen LogP contribution in [0.3, 0.4) is 0 Å². The molecule has 0 aliphatic carbocycles. The van der Waals surface area contributed by atoms with Crippen LogP contribution in [0, 0.1) is 0 Å². The van der Waals surface area contributed by atoms with E-state index in [-0.39, 0.29) is 22.2 Å². The number of carboxylic acid groups (broad SMARTS) is 1. The second kappa shape index (κ2) is 10.6. The number of halogens is 2. The number of esters is 1. The van der Waals surface area contributed by atoms with E-state index in [9.17, 15) is 14.7 Å². The fourth-order valence-electron chi connectivity index (χ4n) is 2.24. The van der Waals surface area contributed by atoms with Crippen LogP contribution in [-0.2, 0) is 4.74 Å². The van der Waals surface area contributed by atoms with E-state index < -0.39 is 5.97 Å². The molecule has 2 atom stereocenters. The van der Waals surface area contributed by atoms with E-state index >= 15 is 0 Å². The molecule has 2 aromatic carbocycles. The Kier molecular flexibility index (Phi) is 8.44. The first-order valence-electron chi connectivity index (χ1n) is 8.10. The van der Waals surface area contributed by atoms with Gasteiger partial charge in [0, 0.05) is 15.3 Å². The lowest BCUT2D eigenvalue weighted by molar-refractivity contribution is 0.0505. The van der Waals surface area contributed by atoms with E-state index in [2.05, 4.69) is 0 Å². The number of thioether (sulfide) groups is 1. The van der Waals surface area contributed by atoms with Gasteiger partial charge < -0.3 is 14.9 Å². The van der Waals surface area contributed by atoms with Crippen molar-refractivity contribution in [1.82, 2.24) is 0 Å². The van der Waals surface area contributed by atoms with Gasteiger partial charge in [-0.05, 0) is 61.4 Å². The second-order valence-electron chi connectivity index (χ2n) is 5.71. The van der Waals surface area contributed by atoms with Crippen LogP contribution in [0.15, 0.2) is 48.5 Å². The minimum absolute atomic E-state index is 0.209. The Morgan fingerprint density at radius 3 is 1.93 bits per heavy atom. The molecule has 5 nitrogen and oxygen atoms in total. The van der Waals surface area contributed by atoms with Crippen LogP contribution in [0.5, 0.6) is 0 Å². The van der Waals surface area contributed by atoms with Gasteiger partial charge in [0.15, 0.2) is 0 Å². The summed E-state index contributed by atoms with van der Waals surface area (Å²) in [4.78, 5) is 21.9. The number of carboxylic acids is 1.